The Morgan fingerprint density at radius 2 is 1.76 bits per heavy atom. The highest BCUT2D eigenvalue weighted by Gasteiger charge is 2.14. The van der Waals surface area contributed by atoms with Gasteiger partial charge < -0.3 is 4.90 Å². The van der Waals surface area contributed by atoms with E-state index in [9.17, 15) is 4.79 Å². The molecular weight excluding hydrogens is 278 g/mol. The molecule has 0 radical (unpaired) electrons. The van der Waals surface area contributed by atoms with Crippen LogP contribution in [-0.2, 0) is 0 Å². The molecule has 3 aromatic rings. The number of nitrogens with zero attached hydrogens (tertiary/aromatic N) is 1. The quantitative estimate of drug-likeness (QED) is 0.660. The van der Waals surface area contributed by atoms with E-state index >= 15 is 0 Å². The van der Waals surface area contributed by atoms with Crippen molar-refractivity contribution in [3.8, 4) is 0 Å². The Balaban J connectivity index is 2.50. The molecule has 2 aromatic carbocycles. The van der Waals surface area contributed by atoms with Gasteiger partial charge in [0.1, 0.15) is 0 Å². The molecule has 0 saturated heterocycles. The predicted molar refractivity (Wildman–Crippen MR) is 93.9 cm³/mol. The van der Waals surface area contributed by atoms with Gasteiger partial charge in [-0.25, -0.2) is 0 Å². The van der Waals surface area contributed by atoms with Crippen molar-refractivity contribution in [1.29, 1.82) is 0 Å². The number of hydrogen-bond donors (Lipinski definition) is 0. The Hall–Kier alpha value is -1.87. The average Bonchev–Trinajstić information content (AvgIpc) is 2.51. The fourth-order valence-electron chi connectivity index (χ4n) is 2.84. The van der Waals surface area contributed by atoms with Crippen LogP contribution in [0, 0.1) is 6.92 Å². The molecule has 108 valence electrons. The molecule has 0 saturated carbocycles. The molecule has 3 heteroatoms. The smallest absolute Gasteiger partial charge is 0.197 e. The van der Waals surface area contributed by atoms with Gasteiger partial charge in [-0.05, 0) is 44.5 Å². The van der Waals surface area contributed by atoms with E-state index in [0.717, 1.165) is 38.9 Å². The summed E-state index contributed by atoms with van der Waals surface area (Å²) in [6, 6.07) is 12.1. The molecule has 2 nitrogen and oxygen atoms in total. The molecule has 1 aromatic heterocycles. The molecule has 3 rings (SSSR count). The first kappa shape index (κ1) is 14.1. The van der Waals surface area contributed by atoms with E-state index < -0.39 is 0 Å². The van der Waals surface area contributed by atoms with Crippen molar-refractivity contribution in [2.75, 3.05) is 18.0 Å². The lowest BCUT2D eigenvalue weighted by Crippen LogP contribution is -2.23. The molecule has 21 heavy (non-hydrogen) atoms. The Kier molecular flexibility index (Phi) is 3.68. The summed E-state index contributed by atoms with van der Waals surface area (Å²) in [6.07, 6.45) is 0. The Morgan fingerprint density at radius 1 is 1.05 bits per heavy atom. The standard InChI is InChI=1S/C18H19NOS/c1-4-19(5-2)14-11-10-12(3)18-16(14)17(20)13-8-6-7-9-15(13)21-18/h6-11H,4-5H2,1-3H3. The summed E-state index contributed by atoms with van der Waals surface area (Å²) in [6.45, 7) is 8.16. The fourth-order valence-corrected chi connectivity index (χ4v) is 4.01. The SMILES string of the molecule is CCN(CC)c1ccc(C)c2sc3ccccc3c(=O)c12. The molecule has 0 bridgehead atoms. The predicted octanol–water partition coefficient (Wildman–Crippen LogP) is 4.57. The van der Waals surface area contributed by atoms with Crippen molar-refractivity contribution in [3.05, 3.63) is 52.2 Å². The van der Waals surface area contributed by atoms with E-state index in [0.29, 0.717) is 0 Å². The van der Waals surface area contributed by atoms with E-state index in [1.807, 2.05) is 24.3 Å². The van der Waals surface area contributed by atoms with Crippen LogP contribution in [0.1, 0.15) is 19.4 Å². The zero-order chi connectivity index (χ0) is 15.0. The van der Waals surface area contributed by atoms with Crippen molar-refractivity contribution in [2.24, 2.45) is 0 Å². The van der Waals surface area contributed by atoms with E-state index in [4.69, 9.17) is 0 Å². The zero-order valence-electron chi connectivity index (χ0n) is 12.6. The van der Waals surface area contributed by atoms with Crippen molar-refractivity contribution in [2.45, 2.75) is 20.8 Å². The van der Waals surface area contributed by atoms with Crippen LogP contribution >= 0.6 is 11.3 Å². The minimum Gasteiger partial charge on any atom is -0.371 e. The number of fused-ring (bicyclic) bond motifs is 2. The molecule has 0 spiro atoms. The number of anilines is 1. The summed E-state index contributed by atoms with van der Waals surface area (Å²) in [5.74, 6) is 0. The first-order chi connectivity index (χ1) is 10.2. The summed E-state index contributed by atoms with van der Waals surface area (Å²) in [5, 5.41) is 1.71. The number of aryl methyl sites for hydroxylation is 1. The molecule has 0 aliphatic carbocycles. The lowest BCUT2D eigenvalue weighted by molar-refractivity contribution is 0.870. The van der Waals surface area contributed by atoms with Crippen molar-refractivity contribution >= 4 is 37.2 Å². The van der Waals surface area contributed by atoms with Crippen LogP contribution in [0.2, 0.25) is 0 Å². The highest BCUT2D eigenvalue weighted by molar-refractivity contribution is 7.24. The molecule has 0 aliphatic rings. The number of rotatable bonds is 3. The summed E-state index contributed by atoms with van der Waals surface area (Å²) >= 11 is 1.72. The van der Waals surface area contributed by atoms with Gasteiger partial charge in [0.05, 0.1) is 5.39 Å². The lowest BCUT2D eigenvalue weighted by atomic mass is 10.1. The Morgan fingerprint density at radius 3 is 2.48 bits per heavy atom. The van der Waals surface area contributed by atoms with E-state index in [2.05, 4.69) is 37.8 Å². The first-order valence-electron chi connectivity index (χ1n) is 7.37. The monoisotopic (exact) mass is 297 g/mol. The molecule has 0 fully saturated rings. The fraction of sp³-hybridized carbons (Fsp3) is 0.278. The van der Waals surface area contributed by atoms with Gasteiger partial charge in [-0.15, -0.1) is 11.3 Å². The summed E-state index contributed by atoms with van der Waals surface area (Å²) < 4.78 is 2.18. The van der Waals surface area contributed by atoms with E-state index in [1.54, 1.807) is 11.3 Å². The van der Waals surface area contributed by atoms with E-state index in [-0.39, 0.29) is 5.43 Å². The van der Waals surface area contributed by atoms with Crippen molar-refractivity contribution in [3.63, 3.8) is 0 Å². The largest absolute Gasteiger partial charge is 0.371 e. The molecule has 1 heterocycles. The van der Waals surface area contributed by atoms with Gasteiger partial charge >= 0.3 is 0 Å². The van der Waals surface area contributed by atoms with E-state index in [1.165, 1.54) is 5.56 Å². The van der Waals surface area contributed by atoms with Gasteiger partial charge in [0.15, 0.2) is 5.43 Å². The molecule has 0 atom stereocenters. The topological polar surface area (TPSA) is 20.3 Å². The van der Waals surface area contributed by atoms with Crippen molar-refractivity contribution in [1.82, 2.24) is 0 Å². The maximum atomic E-state index is 13.0. The highest BCUT2D eigenvalue weighted by atomic mass is 32.1. The third kappa shape index (κ3) is 2.22. The van der Waals surface area contributed by atoms with Gasteiger partial charge in [0.25, 0.3) is 0 Å². The molecule has 0 unspecified atom stereocenters. The van der Waals surface area contributed by atoms with Crippen LogP contribution in [0.4, 0.5) is 5.69 Å². The average molecular weight is 297 g/mol. The van der Waals surface area contributed by atoms with Crippen LogP contribution in [0.25, 0.3) is 20.2 Å². The van der Waals surface area contributed by atoms with Gasteiger partial charge in [0.2, 0.25) is 0 Å². The van der Waals surface area contributed by atoms with Gasteiger partial charge in [-0.1, -0.05) is 18.2 Å². The molecular formula is C18H19NOS. The van der Waals surface area contributed by atoms with Crippen LogP contribution in [0.15, 0.2) is 41.2 Å². The second-order valence-corrected chi connectivity index (χ2v) is 6.26. The molecule has 0 aliphatic heterocycles. The maximum absolute atomic E-state index is 13.0. The van der Waals surface area contributed by atoms with Crippen molar-refractivity contribution < 1.29 is 0 Å². The second-order valence-electron chi connectivity index (χ2n) is 5.21. The Bertz CT molecular complexity index is 862. The highest BCUT2D eigenvalue weighted by Crippen LogP contribution is 2.33. The number of benzene rings is 2. The minimum atomic E-state index is 0.157. The third-order valence-corrected chi connectivity index (χ3v) is 5.31. The summed E-state index contributed by atoms with van der Waals surface area (Å²) in [5.41, 5.74) is 2.39. The summed E-state index contributed by atoms with van der Waals surface area (Å²) in [7, 11) is 0. The van der Waals surface area contributed by atoms with Gasteiger partial charge in [-0.2, -0.15) is 0 Å². The lowest BCUT2D eigenvalue weighted by Gasteiger charge is -2.23. The van der Waals surface area contributed by atoms with Crippen LogP contribution in [-0.4, -0.2) is 13.1 Å². The minimum absolute atomic E-state index is 0.157. The second kappa shape index (κ2) is 5.49. The van der Waals surface area contributed by atoms with Crippen LogP contribution in [0.3, 0.4) is 0 Å². The summed E-state index contributed by atoms with van der Waals surface area (Å²) in [4.78, 5) is 15.2. The normalized spacial score (nSPS) is 11.2. The maximum Gasteiger partial charge on any atom is 0.197 e. The molecule has 0 amide bonds. The third-order valence-electron chi connectivity index (χ3n) is 4.01. The molecule has 0 N–H and O–H groups in total. The van der Waals surface area contributed by atoms with Crippen LogP contribution in [0.5, 0.6) is 0 Å². The first-order valence-corrected chi connectivity index (χ1v) is 8.19. The van der Waals surface area contributed by atoms with Gasteiger partial charge in [-0.3, -0.25) is 4.79 Å². The number of hydrogen-bond acceptors (Lipinski definition) is 3. The zero-order valence-corrected chi connectivity index (χ0v) is 13.5. The van der Waals surface area contributed by atoms with Gasteiger partial charge in [0, 0.05) is 33.6 Å². The Labute approximate surface area is 128 Å². The van der Waals surface area contributed by atoms with Crippen LogP contribution < -0.4 is 10.3 Å².